The van der Waals surface area contributed by atoms with Crippen molar-refractivity contribution in [3.63, 3.8) is 0 Å². The van der Waals surface area contributed by atoms with Crippen LogP contribution in [-0.4, -0.2) is 54.1 Å². The molecular weight excluding hydrogens is 395 g/mol. The molecule has 150 valence electrons. The Labute approximate surface area is 168 Å². The molecule has 2 aromatic heterocycles. The monoisotopic (exact) mass is 414 g/mol. The third-order valence-corrected chi connectivity index (χ3v) is 6.52. The van der Waals surface area contributed by atoms with Crippen LogP contribution in [0.4, 0.5) is 21.8 Å². The van der Waals surface area contributed by atoms with E-state index >= 15 is 0 Å². The SMILES string of the molecule is O=S(=O)(c1ccccc1F)N1CCN(c2ccc(Nc3ccccn3)nn2)CC1. The average molecular weight is 414 g/mol. The van der Waals surface area contributed by atoms with Crippen LogP contribution in [0.3, 0.4) is 0 Å². The van der Waals surface area contributed by atoms with Gasteiger partial charge in [-0.25, -0.2) is 17.8 Å². The van der Waals surface area contributed by atoms with E-state index in [4.69, 9.17) is 0 Å². The largest absolute Gasteiger partial charge is 0.352 e. The van der Waals surface area contributed by atoms with Crippen molar-refractivity contribution in [2.75, 3.05) is 36.4 Å². The second kappa shape index (κ2) is 8.10. The van der Waals surface area contributed by atoms with Gasteiger partial charge in [-0.3, -0.25) is 0 Å². The third-order valence-electron chi connectivity index (χ3n) is 4.59. The number of hydrogen-bond donors (Lipinski definition) is 1. The summed E-state index contributed by atoms with van der Waals surface area (Å²) in [5.41, 5.74) is 0. The number of halogens is 1. The zero-order valence-corrected chi connectivity index (χ0v) is 16.3. The van der Waals surface area contributed by atoms with Gasteiger partial charge >= 0.3 is 0 Å². The highest BCUT2D eigenvalue weighted by Crippen LogP contribution is 2.22. The summed E-state index contributed by atoms with van der Waals surface area (Å²) in [6, 6.07) is 14.6. The van der Waals surface area contributed by atoms with Crippen molar-refractivity contribution in [1.29, 1.82) is 0 Å². The second-order valence-corrected chi connectivity index (χ2v) is 8.34. The van der Waals surface area contributed by atoms with Crippen molar-refractivity contribution in [2.45, 2.75) is 4.90 Å². The summed E-state index contributed by atoms with van der Waals surface area (Å²) < 4.78 is 40.6. The van der Waals surface area contributed by atoms with Gasteiger partial charge in [-0.2, -0.15) is 4.31 Å². The Morgan fingerprint density at radius 2 is 1.62 bits per heavy atom. The number of anilines is 3. The summed E-state index contributed by atoms with van der Waals surface area (Å²) in [7, 11) is -3.86. The molecule has 8 nitrogen and oxygen atoms in total. The zero-order valence-electron chi connectivity index (χ0n) is 15.4. The van der Waals surface area contributed by atoms with Gasteiger partial charge in [0.2, 0.25) is 10.0 Å². The van der Waals surface area contributed by atoms with E-state index in [1.165, 1.54) is 22.5 Å². The van der Waals surface area contributed by atoms with Crippen molar-refractivity contribution in [2.24, 2.45) is 0 Å². The van der Waals surface area contributed by atoms with E-state index in [-0.39, 0.29) is 18.0 Å². The molecule has 1 N–H and O–H groups in total. The number of rotatable bonds is 5. The van der Waals surface area contributed by atoms with Crippen molar-refractivity contribution in [3.8, 4) is 0 Å². The number of pyridine rings is 1. The molecule has 10 heteroatoms. The molecule has 29 heavy (non-hydrogen) atoms. The molecule has 3 heterocycles. The first-order chi connectivity index (χ1) is 14.0. The van der Waals surface area contributed by atoms with Crippen molar-refractivity contribution < 1.29 is 12.8 Å². The lowest BCUT2D eigenvalue weighted by atomic mass is 10.3. The maximum Gasteiger partial charge on any atom is 0.246 e. The molecule has 0 unspecified atom stereocenters. The summed E-state index contributed by atoms with van der Waals surface area (Å²) in [5, 5.41) is 11.4. The molecule has 3 aromatic rings. The molecule has 0 atom stereocenters. The molecule has 0 bridgehead atoms. The van der Waals surface area contributed by atoms with E-state index in [2.05, 4.69) is 20.5 Å². The van der Waals surface area contributed by atoms with Crippen LogP contribution in [-0.2, 0) is 10.0 Å². The molecular formula is C19H19FN6O2S. The highest BCUT2D eigenvalue weighted by Gasteiger charge is 2.30. The molecule has 0 aliphatic carbocycles. The summed E-state index contributed by atoms with van der Waals surface area (Å²) >= 11 is 0. The second-order valence-electron chi connectivity index (χ2n) is 6.44. The van der Waals surface area contributed by atoms with Crippen LogP contribution < -0.4 is 10.2 Å². The normalized spacial score (nSPS) is 15.3. The minimum Gasteiger partial charge on any atom is -0.352 e. The van der Waals surface area contributed by atoms with Gasteiger partial charge in [0.1, 0.15) is 16.5 Å². The fourth-order valence-corrected chi connectivity index (χ4v) is 4.57. The standard InChI is InChI=1S/C19H19FN6O2S/c20-15-5-1-2-6-16(15)29(27,28)26-13-11-25(12-14-26)19-9-8-18(23-24-19)22-17-7-3-4-10-21-17/h1-10H,11-14H2,(H,21,22,23). The smallest absolute Gasteiger partial charge is 0.246 e. The highest BCUT2D eigenvalue weighted by atomic mass is 32.2. The summed E-state index contributed by atoms with van der Waals surface area (Å²) in [5.74, 6) is 1.14. The number of nitrogens with zero attached hydrogens (tertiary/aromatic N) is 5. The van der Waals surface area contributed by atoms with E-state index in [0.29, 0.717) is 30.5 Å². The fourth-order valence-electron chi connectivity index (χ4n) is 3.08. The van der Waals surface area contributed by atoms with Crippen LogP contribution in [0, 0.1) is 5.82 Å². The molecule has 0 amide bonds. The van der Waals surface area contributed by atoms with E-state index in [1.807, 2.05) is 29.2 Å². The van der Waals surface area contributed by atoms with Gasteiger partial charge in [-0.15, -0.1) is 10.2 Å². The van der Waals surface area contributed by atoms with Gasteiger partial charge < -0.3 is 10.2 Å². The number of benzene rings is 1. The first kappa shape index (κ1) is 19.2. The molecule has 0 saturated carbocycles. The number of piperazine rings is 1. The van der Waals surface area contributed by atoms with E-state index < -0.39 is 15.8 Å². The topological polar surface area (TPSA) is 91.3 Å². The molecule has 1 aliphatic rings. The lowest BCUT2D eigenvalue weighted by Gasteiger charge is -2.34. The Kier molecular flexibility index (Phi) is 5.36. The number of nitrogens with one attached hydrogen (secondary N) is 1. The Morgan fingerprint density at radius 1 is 0.862 bits per heavy atom. The predicted octanol–water partition coefficient (Wildman–Crippen LogP) is 2.27. The molecule has 0 radical (unpaired) electrons. The lowest BCUT2D eigenvalue weighted by molar-refractivity contribution is 0.381. The van der Waals surface area contributed by atoms with Gasteiger partial charge in [-0.05, 0) is 36.4 Å². The predicted molar refractivity (Wildman–Crippen MR) is 107 cm³/mol. The van der Waals surface area contributed by atoms with Crippen LogP contribution in [0.1, 0.15) is 0 Å². The average Bonchev–Trinajstić information content (AvgIpc) is 2.75. The first-order valence-electron chi connectivity index (χ1n) is 9.05. The molecule has 1 aliphatic heterocycles. The van der Waals surface area contributed by atoms with Crippen molar-refractivity contribution >= 4 is 27.5 Å². The van der Waals surface area contributed by atoms with E-state index in [0.717, 1.165) is 6.07 Å². The first-order valence-corrected chi connectivity index (χ1v) is 10.5. The van der Waals surface area contributed by atoms with Crippen LogP contribution in [0.5, 0.6) is 0 Å². The van der Waals surface area contributed by atoms with Crippen LogP contribution in [0.15, 0.2) is 65.7 Å². The van der Waals surface area contributed by atoms with Crippen LogP contribution in [0.25, 0.3) is 0 Å². The summed E-state index contributed by atoms with van der Waals surface area (Å²) in [4.78, 5) is 5.83. The lowest BCUT2D eigenvalue weighted by Crippen LogP contribution is -2.49. The molecule has 0 spiro atoms. The highest BCUT2D eigenvalue weighted by molar-refractivity contribution is 7.89. The number of aromatic nitrogens is 3. The molecule has 1 saturated heterocycles. The summed E-state index contributed by atoms with van der Waals surface area (Å²) in [6.45, 7) is 1.36. The van der Waals surface area contributed by atoms with Crippen LogP contribution in [0.2, 0.25) is 0 Å². The Bertz CT molecular complexity index is 1070. The van der Waals surface area contributed by atoms with Crippen molar-refractivity contribution in [1.82, 2.24) is 19.5 Å². The van der Waals surface area contributed by atoms with Crippen LogP contribution >= 0.6 is 0 Å². The molecule has 1 aromatic carbocycles. The van der Waals surface area contributed by atoms with E-state index in [9.17, 15) is 12.8 Å². The van der Waals surface area contributed by atoms with Gasteiger partial charge in [0.25, 0.3) is 0 Å². The minimum atomic E-state index is -3.86. The van der Waals surface area contributed by atoms with Gasteiger partial charge in [0.05, 0.1) is 0 Å². The van der Waals surface area contributed by atoms with Gasteiger partial charge in [0, 0.05) is 32.4 Å². The van der Waals surface area contributed by atoms with Crippen molar-refractivity contribution in [3.05, 3.63) is 66.6 Å². The zero-order chi connectivity index (χ0) is 20.3. The van der Waals surface area contributed by atoms with E-state index in [1.54, 1.807) is 12.3 Å². The number of hydrogen-bond acceptors (Lipinski definition) is 7. The quantitative estimate of drug-likeness (QED) is 0.685. The third kappa shape index (κ3) is 4.17. The maximum atomic E-state index is 13.9. The minimum absolute atomic E-state index is 0.242. The molecule has 4 rings (SSSR count). The number of sulfonamides is 1. The Hall–Kier alpha value is -3.11. The Balaban J connectivity index is 1.40. The maximum absolute atomic E-state index is 13.9. The van der Waals surface area contributed by atoms with Gasteiger partial charge in [0.15, 0.2) is 11.6 Å². The Morgan fingerprint density at radius 3 is 2.28 bits per heavy atom. The molecule has 1 fully saturated rings. The summed E-state index contributed by atoms with van der Waals surface area (Å²) in [6.07, 6.45) is 1.68. The fraction of sp³-hybridized carbons (Fsp3) is 0.211. The van der Waals surface area contributed by atoms with Gasteiger partial charge in [-0.1, -0.05) is 18.2 Å².